The second-order valence-corrected chi connectivity index (χ2v) is 9.24. The second-order valence-electron chi connectivity index (χ2n) is 7.49. The minimum atomic E-state index is -3.44. The van der Waals surface area contributed by atoms with Crippen LogP contribution in [0.2, 0.25) is 0 Å². The second kappa shape index (κ2) is 7.21. The molecule has 0 saturated carbocycles. The number of methoxy groups -OCH3 is 1. The zero-order chi connectivity index (χ0) is 21.5. The highest BCUT2D eigenvalue weighted by atomic mass is 32.2. The molecule has 30 heavy (non-hydrogen) atoms. The Morgan fingerprint density at radius 1 is 1.23 bits per heavy atom. The molecule has 2 aromatic rings. The fourth-order valence-corrected chi connectivity index (χ4v) is 4.57. The number of hydrogen-bond donors (Lipinski definition) is 4. The van der Waals surface area contributed by atoms with Crippen molar-refractivity contribution in [3.05, 3.63) is 48.0 Å². The van der Waals surface area contributed by atoms with Gasteiger partial charge < -0.3 is 20.7 Å². The van der Waals surface area contributed by atoms with Crippen molar-refractivity contribution in [2.75, 3.05) is 35.3 Å². The minimum Gasteiger partial charge on any atom is -0.494 e. The van der Waals surface area contributed by atoms with Crippen molar-refractivity contribution in [1.82, 2.24) is 5.32 Å². The summed E-state index contributed by atoms with van der Waals surface area (Å²) in [6.07, 6.45) is 1.38. The monoisotopic (exact) mass is 430 g/mol. The highest BCUT2D eigenvalue weighted by Gasteiger charge is 2.53. The largest absolute Gasteiger partial charge is 0.494 e. The zero-order valence-corrected chi connectivity index (χ0v) is 17.3. The topological polar surface area (TPSA) is 126 Å². The van der Waals surface area contributed by atoms with Gasteiger partial charge in [0.15, 0.2) is 0 Å². The van der Waals surface area contributed by atoms with Crippen LogP contribution in [-0.4, -0.2) is 46.2 Å². The van der Waals surface area contributed by atoms with Gasteiger partial charge in [-0.05, 0) is 30.2 Å². The minimum absolute atomic E-state index is 0.181. The summed E-state index contributed by atoms with van der Waals surface area (Å²) in [6, 6.07) is 11.4. The molecule has 0 aromatic heterocycles. The van der Waals surface area contributed by atoms with Gasteiger partial charge in [0.25, 0.3) is 0 Å². The Bertz CT molecular complexity index is 1130. The first-order chi connectivity index (χ1) is 14.2. The highest BCUT2D eigenvalue weighted by molar-refractivity contribution is 7.92. The summed E-state index contributed by atoms with van der Waals surface area (Å²) in [5.74, 6) is -0.254. The molecule has 4 rings (SSSR count). The lowest BCUT2D eigenvalue weighted by Gasteiger charge is -2.19. The first-order valence-electron chi connectivity index (χ1n) is 9.33. The van der Waals surface area contributed by atoms with Crippen molar-refractivity contribution in [2.24, 2.45) is 0 Å². The number of amides is 2. The van der Waals surface area contributed by atoms with Gasteiger partial charge in [-0.2, -0.15) is 0 Å². The number of carbonyl (C=O) groups is 2. The Morgan fingerprint density at radius 3 is 2.73 bits per heavy atom. The predicted molar refractivity (Wildman–Crippen MR) is 113 cm³/mol. The van der Waals surface area contributed by atoms with E-state index in [0.29, 0.717) is 30.1 Å². The number of anilines is 3. The van der Waals surface area contributed by atoms with Gasteiger partial charge in [0, 0.05) is 18.3 Å². The molecule has 2 amide bonds. The van der Waals surface area contributed by atoms with Crippen LogP contribution in [-0.2, 0) is 25.0 Å². The van der Waals surface area contributed by atoms with Crippen molar-refractivity contribution in [3.8, 4) is 5.75 Å². The molecule has 9 nitrogen and oxygen atoms in total. The molecule has 4 N–H and O–H groups in total. The summed E-state index contributed by atoms with van der Waals surface area (Å²) in [5.41, 5.74) is 1.72. The Balaban J connectivity index is 1.52. The number of ether oxygens (including phenoxy) is 1. The maximum absolute atomic E-state index is 12.9. The first-order valence-corrected chi connectivity index (χ1v) is 11.2. The molecule has 158 valence electrons. The molecule has 1 spiro atoms. The van der Waals surface area contributed by atoms with Gasteiger partial charge in [-0.15, -0.1) is 0 Å². The molecule has 2 atom stereocenters. The van der Waals surface area contributed by atoms with Crippen LogP contribution in [0.4, 0.5) is 17.1 Å². The fourth-order valence-electron chi connectivity index (χ4n) is 4.02. The van der Waals surface area contributed by atoms with Crippen LogP contribution < -0.4 is 25.4 Å². The lowest BCUT2D eigenvalue weighted by atomic mass is 9.79. The van der Waals surface area contributed by atoms with Crippen LogP contribution in [0.25, 0.3) is 0 Å². The molecular weight excluding hydrogens is 408 g/mol. The normalized spacial score (nSPS) is 22.2. The van der Waals surface area contributed by atoms with E-state index in [1.165, 1.54) is 19.2 Å². The van der Waals surface area contributed by atoms with Gasteiger partial charge in [-0.1, -0.05) is 18.2 Å². The predicted octanol–water partition coefficient (Wildman–Crippen LogP) is 1.26. The van der Waals surface area contributed by atoms with E-state index in [1.54, 1.807) is 6.07 Å². The average Bonchev–Trinajstić information content (AvgIpc) is 3.24. The molecule has 1 saturated heterocycles. The summed E-state index contributed by atoms with van der Waals surface area (Å²) in [7, 11) is -2.02. The molecule has 10 heteroatoms. The lowest BCUT2D eigenvalue weighted by molar-refractivity contribution is -0.125. The van der Waals surface area contributed by atoms with E-state index in [4.69, 9.17) is 4.74 Å². The third-order valence-corrected chi connectivity index (χ3v) is 6.00. The van der Waals surface area contributed by atoms with Gasteiger partial charge in [-0.3, -0.25) is 14.3 Å². The lowest BCUT2D eigenvalue weighted by Crippen LogP contribution is -2.39. The number of hydrogen-bond acceptors (Lipinski definition) is 6. The number of para-hydroxylation sites is 1. The fraction of sp³-hybridized carbons (Fsp3) is 0.300. The molecule has 0 bridgehead atoms. The van der Waals surface area contributed by atoms with Crippen LogP contribution in [0.5, 0.6) is 5.75 Å². The van der Waals surface area contributed by atoms with Gasteiger partial charge in [0.05, 0.1) is 30.2 Å². The molecular formula is C20H22N4O5S. The molecule has 2 unspecified atom stereocenters. The molecule has 0 radical (unpaired) electrons. The van der Waals surface area contributed by atoms with Gasteiger partial charge in [0.1, 0.15) is 11.8 Å². The SMILES string of the molecule is COc1cc(NS(C)(=O)=O)ccc1NC(=O)C1CC2(CNc3ccccc32)C(=O)N1. The van der Waals surface area contributed by atoms with Gasteiger partial charge in [-0.25, -0.2) is 8.42 Å². The van der Waals surface area contributed by atoms with Gasteiger partial charge >= 0.3 is 0 Å². The highest BCUT2D eigenvalue weighted by Crippen LogP contribution is 2.43. The summed E-state index contributed by atoms with van der Waals surface area (Å²) >= 11 is 0. The molecule has 1 fully saturated rings. The first kappa shape index (κ1) is 20.0. The van der Waals surface area contributed by atoms with E-state index in [-0.39, 0.29) is 11.8 Å². The number of rotatable bonds is 5. The molecule has 2 aliphatic heterocycles. The Labute approximate surface area is 174 Å². The summed E-state index contributed by atoms with van der Waals surface area (Å²) < 4.78 is 30.5. The van der Waals surface area contributed by atoms with Gasteiger partial charge in [0.2, 0.25) is 21.8 Å². The smallest absolute Gasteiger partial charge is 0.247 e. The zero-order valence-electron chi connectivity index (χ0n) is 16.5. The van der Waals surface area contributed by atoms with E-state index in [2.05, 4.69) is 20.7 Å². The van der Waals surface area contributed by atoms with E-state index in [0.717, 1.165) is 17.5 Å². The van der Waals surface area contributed by atoms with E-state index in [1.807, 2.05) is 24.3 Å². The Kier molecular flexibility index (Phi) is 4.81. The average molecular weight is 430 g/mol. The van der Waals surface area contributed by atoms with Crippen LogP contribution in [0.15, 0.2) is 42.5 Å². The number of carbonyl (C=O) groups excluding carboxylic acids is 2. The Morgan fingerprint density at radius 2 is 2.00 bits per heavy atom. The standard InChI is InChI=1S/C20H22N4O5S/c1-29-17-9-12(24-30(2,27)28)7-8-15(17)22-18(25)16-10-20(19(26)23-16)11-21-14-6-4-3-5-13(14)20/h3-9,16,21,24H,10-11H2,1-2H3,(H,22,25)(H,23,26). The molecule has 2 heterocycles. The molecule has 0 aliphatic carbocycles. The van der Waals surface area contributed by atoms with Crippen LogP contribution in [0.1, 0.15) is 12.0 Å². The van der Waals surface area contributed by atoms with Crippen LogP contribution in [0, 0.1) is 0 Å². The quantitative estimate of drug-likeness (QED) is 0.566. The van der Waals surface area contributed by atoms with E-state index >= 15 is 0 Å². The molecule has 2 aromatic carbocycles. The van der Waals surface area contributed by atoms with Crippen molar-refractivity contribution in [3.63, 3.8) is 0 Å². The number of fused-ring (bicyclic) bond motifs is 2. The van der Waals surface area contributed by atoms with Crippen molar-refractivity contribution < 1.29 is 22.7 Å². The Hall–Kier alpha value is -3.27. The maximum atomic E-state index is 12.9. The summed E-state index contributed by atoms with van der Waals surface area (Å²) in [5, 5.41) is 8.82. The maximum Gasteiger partial charge on any atom is 0.247 e. The van der Waals surface area contributed by atoms with Crippen molar-refractivity contribution in [2.45, 2.75) is 17.9 Å². The third kappa shape index (κ3) is 3.54. The summed E-state index contributed by atoms with van der Waals surface area (Å²) in [4.78, 5) is 25.7. The van der Waals surface area contributed by atoms with E-state index in [9.17, 15) is 18.0 Å². The van der Waals surface area contributed by atoms with Crippen molar-refractivity contribution >= 4 is 38.9 Å². The number of sulfonamides is 1. The van der Waals surface area contributed by atoms with Crippen LogP contribution >= 0.6 is 0 Å². The van der Waals surface area contributed by atoms with E-state index < -0.39 is 21.5 Å². The van der Waals surface area contributed by atoms with Crippen molar-refractivity contribution in [1.29, 1.82) is 0 Å². The number of nitrogens with one attached hydrogen (secondary N) is 4. The number of benzene rings is 2. The third-order valence-electron chi connectivity index (χ3n) is 5.39. The summed E-state index contributed by atoms with van der Waals surface area (Å²) in [6.45, 7) is 0.442. The molecule has 2 aliphatic rings. The van der Waals surface area contributed by atoms with Crippen LogP contribution in [0.3, 0.4) is 0 Å².